The van der Waals surface area contributed by atoms with Crippen molar-refractivity contribution in [3.63, 3.8) is 0 Å². The fourth-order valence-electron chi connectivity index (χ4n) is 2.63. The van der Waals surface area contributed by atoms with E-state index in [0.29, 0.717) is 28.7 Å². The van der Waals surface area contributed by atoms with Crippen LogP contribution in [0.25, 0.3) is 0 Å². The van der Waals surface area contributed by atoms with Gasteiger partial charge in [0, 0.05) is 53.5 Å². The topological polar surface area (TPSA) is 66.9 Å². The van der Waals surface area contributed by atoms with Crippen LogP contribution in [0.2, 0.25) is 10.0 Å². The molecule has 27 heavy (non-hydrogen) atoms. The van der Waals surface area contributed by atoms with Crippen molar-refractivity contribution in [1.29, 1.82) is 0 Å². The van der Waals surface area contributed by atoms with Gasteiger partial charge in [-0.15, -0.1) is 0 Å². The Morgan fingerprint density at radius 3 is 2.30 bits per heavy atom. The number of carbonyl (C=O) groups excluding carboxylic acids is 1. The molecule has 7 heteroatoms. The minimum absolute atomic E-state index is 0.220. The molecular weight excluding hydrogens is 383 g/mol. The Balaban J connectivity index is 1.79. The number of hydrogen-bond acceptors (Lipinski definition) is 4. The smallest absolute Gasteiger partial charge is 0.242 e. The third-order valence-corrected chi connectivity index (χ3v) is 4.66. The summed E-state index contributed by atoms with van der Waals surface area (Å²) in [5.41, 5.74) is 2.46. The van der Waals surface area contributed by atoms with Crippen LogP contribution in [0.5, 0.6) is 0 Å². The molecule has 138 valence electrons. The molecule has 0 fully saturated rings. The van der Waals surface area contributed by atoms with Crippen LogP contribution in [-0.2, 0) is 17.9 Å². The fourth-order valence-corrected chi connectivity index (χ4v) is 3.24. The Bertz CT molecular complexity index is 871. The summed E-state index contributed by atoms with van der Waals surface area (Å²) < 4.78 is 0. The highest BCUT2D eigenvalue weighted by Gasteiger charge is 2.25. The standard InChI is InChI=1S/C20H18Cl2N4O/c21-16-4-1-5-17(22)18(16)19(25-12-14-6-9-23-10-7-14)20(27)26-13-15-3-2-8-24-11-15/h1-11,19,25H,12-13H2,(H,26,27). The van der Waals surface area contributed by atoms with Crippen molar-refractivity contribution in [3.8, 4) is 0 Å². The van der Waals surface area contributed by atoms with Crippen LogP contribution in [0.3, 0.4) is 0 Å². The highest BCUT2D eigenvalue weighted by molar-refractivity contribution is 6.36. The molecule has 5 nitrogen and oxygen atoms in total. The second kappa shape index (κ2) is 9.46. The monoisotopic (exact) mass is 400 g/mol. The van der Waals surface area contributed by atoms with Crippen molar-refractivity contribution in [2.24, 2.45) is 0 Å². The number of carbonyl (C=O) groups is 1. The lowest BCUT2D eigenvalue weighted by Gasteiger charge is -2.21. The lowest BCUT2D eigenvalue weighted by atomic mass is 10.0. The summed E-state index contributed by atoms with van der Waals surface area (Å²) >= 11 is 12.7. The molecule has 1 aromatic carbocycles. The Labute approximate surface area is 167 Å². The van der Waals surface area contributed by atoms with Gasteiger partial charge in [0.05, 0.1) is 0 Å². The van der Waals surface area contributed by atoms with Crippen LogP contribution >= 0.6 is 23.2 Å². The minimum Gasteiger partial charge on any atom is -0.350 e. The van der Waals surface area contributed by atoms with Crippen molar-refractivity contribution in [2.45, 2.75) is 19.1 Å². The minimum atomic E-state index is -0.698. The van der Waals surface area contributed by atoms with Crippen LogP contribution < -0.4 is 10.6 Å². The molecule has 1 atom stereocenters. The van der Waals surface area contributed by atoms with Gasteiger partial charge in [-0.2, -0.15) is 0 Å². The van der Waals surface area contributed by atoms with E-state index in [0.717, 1.165) is 11.1 Å². The summed E-state index contributed by atoms with van der Waals surface area (Å²) in [5.74, 6) is -0.220. The zero-order valence-electron chi connectivity index (χ0n) is 14.4. The SMILES string of the molecule is O=C(NCc1cccnc1)C(NCc1ccncc1)c1c(Cl)cccc1Cl. The normalized spacial score (nSPS) is 11.8. The van der Waals surface area contributed by atoms with Gasteiger partial charge in [0.15, 0.2) is 0 Å². The second-order valence-corrected chi connectivity index (χ2v) is 6.70. The van der Waals surface area contributed by atoms with Gasteiger partial charge in [0.1, 0.15) is 6.04 Å². The molecule has 0 aliphatic carbocycles. The Morgan fingerprint density at radius 2 is 1.63 bits per heavy atom. The molecule has 3 aromatic rings. The zero-order valence-corrected chi connectivity index (χ0v) is 15.9. The molecule has 3 rings (SSSR count). The van der Waals surface area contributed by atoms with Crippen molar-refractivity contribution in [3.05, 3.63) is 94.0 Å². The maximum absolute atomic E-state index is 12.9. The van der Waals surface area contributed by atoms with Gasteiger partial charge in [0.2, 0.25) is 5.91 Å². The zero-order chi connectivity index (χ0) is 19.1. The summed E-state index contributed by atoms with van der Waals surface area (Å²) in [6, 6.07) is 12.0. The summed E-state index contributed by atoms with van der Waals surface area (Å²) in [4.78, 5) is 21.0. The number of amides is 1. The van der Waals surface area contributed by atoms with Gasteiger partial charge >= 0.3 is 0 Å². The number of pyridine rings is 2. The van der Waals surface area contributed by atoms with E-state index in [2.05, 4.69) is 20.6 Å². The molecule has 1 amide bonds. The first kappa shape index (κ1) is 19.3. The largest absolute Gasteiger partial charge is 0.350 e. The number of rotatable bonds is 7. The van der Waals surface area contributed by atoms with E-state index in [4.69, 9.17) is 23.2 Å². The lowest BCUT2D eigenvalue weighted by Crippen LogP contribution is -2.37. The molecular formula is C20H18Cl2N4O. The first-order valence-electron chi connectivity index (χ1n) is 8.38. The van der Waals surface area contributed by atoms with E-state index in [1.165, 1.54) is 0 Å². The van der Waals surface area contributed by atoms with Gasteiger partial charge < -0.3 is 5.32 Å². The first-order valence-corrected chi connectivity index (χ1v) is 9.13. The van der Waals surface area contributed by atoms with Gasteiger partial charge in [-0.1, -0.05) is 35.3 Å². The van der Waals surface area contributed by atoms with Crippen LogP contribution in [0.15, 0.2) is 67.3 Å². The van der Waals surface area contributed by atoms with Gasteiger partial charge in [-0.3, -0.25) is 20.1 Å². The predicted molar refractivity (Wildman–Crippen MR) is 106 cm³/mol. The molecule has 0 aliphatic heterocycles. The first-order chi connectivity index (χ1) is 13.1. The number of nitrogens with one attached hydrogen (secondary N) is 2. The Kier molecular flexibility index (Phi) is 6.76. The molecule has 2 heterocycles. The van der Waals surface area contributed by atoms with E-state index in [1.807, 2.05) is 24.3 Å². The van der Waals surface area contributed by atoms with Gasteiger partial charge in [-0.05, 0) is 41.5 Å². The molecule has 0 saturated heterocycles. The van der Waals surface area contributed by atoms with Gasteiger partial charge in [0.25, 0.3) is 0 Å². The summed E-state index contributed by atoms with van der Waals surface area (Å²) in [6.07, 6.45) is 6.81. The van der Waals surface area contributed by atoms with Crippen molar-refractivity contribution in [2.75, 3.05) is 0 Å². The van der Waals surface area contributed by atoms with Gasteiger partial charge in [-0.25, -0.2) is 0 Å². The number of halogens is 2. The van der Waals surface area contributed by atoms with Crippen LogP contribution in [0.4, 0.5) is 0 Å². The highest BCUT2D eigenvalue weighted by Crippen LogP contribution is 2.30. The van der Waals surface area contributed by atoms with Crippen molar-refractivity contribution >= 4 is 29.1 Å². The van der Waals surface area contributed by atoms with Crippen LogP contribution in [0, 0.1) is 0 Å². The highest BCUT2D eigenvalue weighted by atomic mass is 35.5. The number of aromatic nitrogens is 2. The molecule has 0 bridgehead atoms. The average molecular weight is 401 g/mol. The van der Waals surface area contributed by atoms with Crippen LogP contribution in [-0.4, -0.2) is 15.9 Å². The number of nitrogens with zero attached hydrogens (tertiary/aromatic N) is 2. The fraction of sp³-hybridized carbons (Fsp3) is 0.150. The average Bonchev–Trinajstić information content (AvgIpc) is 2.70. The third-order valence-electron chi connectivity index (χ3n) is 4.00. The summed E-state index contributed by atoms with van der Waals surface area (Å²) in [6.45, 7) is 0.831. The Morgan fingerprint density at radius 1 is 0.889 bits per heavy atom. The van der Waals surface area contributed by atoms with E-state index < -0.39 is 6.04 Å². The van der Waals surface area contributed by atoms with Crippen LogP contribution in [0.1, 0.15) is 22.7 Å². The number of benzene rings is 1. The van der Waals surface area contributed by atoms with Crippen molar-refractivity contribution in [1.82, 2.24) is 20.6 Å². The molecule has 2 N–H and O–H groups in total. The lowest BCUT2D eigenvalue weighted by molar-refractivity contribution is -0.123. The molecule has 0 radical (unpaired) electrons. The molecule has 0 saturated carbocycles. The summed E-state index contributed by atoms with van der Waals surface area (Å²) in [5, 5.41) is 7.04. The quantitative estimate of drug-likeness (QED) is 0.630. The van der Waals surface area contributed by atoms with Crippen molar-refractivity contribution < 1.29 is 4.79 Å². The maximum Gasteiger partial charge on any atom is 0.242 e. The second-order valence-electron chi connectivity index (χ2n) is 5.88. The van der Waals surface area contributed by atoms with E-state index >= 15 is 0 Å². The maximum atomic E-state index is 12.9. The number of hydrogen-bond donors (Lipinski definition) is 2. The molecule has 2 aromatic heterocycles. The third kappa shape index (κ3) is 5.26. The molecule has 0 aliphatic rings. The molecule has 0 spiro atoms. The summed E-state index contributed by atoms with van der Waals surface area (Å²) in [7, 11) is 0. The predicted octanol–water partition coefficient (Wildman–Crippen LogP) is 3.93. The van der Waals surface area contributed by atoms with E-state index in [1.54, 1.807) is 43.0 Å². The molecule has 1 unspecified atom stereocenters. The van der Waals surface area contributed by atoms with E-state index in [-0.39, 0.29) is 5.91 Å². The Hall–Kier alpha value is -2.47. The van der Waals surface area contributed by atoms with E-state index in [9.17, 15) is 4.79 Å².